The zero-order chi connectivity index (χ0) is 16.8. The molecule has 2 N–H and O–H groups in total. The van der Waals surface area contributed by atoms with E-state index >= 15 is 0 Å². The van der Waals surface area contributed by atoms with Crippen LogP contribution in [0.5, 0.6) is 11.5 Å². The number of rotatable bonds is 5. The van der Waals surface area contributed by atoms with Gasteiger partial charge >= 0.3 is 6.03 Å². The van der Waals surface area contributed by atoms with E-state index in [0.29, 0.717) is 18.0 Å². The molecule has 2 aromatic rings. The van der Waals surface area contributed by atoms with Crippen LogP contribution in [0, 0.1) is 13.8 Å². The molecule has 23 heavy (non-hydrogen) atoms. The first kappa shape index (κ1) is 16.7. The number of urea groups is 1. The maximum Gasteiger partial charge on any atom is 0.318 e. The highest BCUT2D eigenvalue weighted by atomic mass is 16.5. The Hall–Kier alpha value is -2.69. The Morgan fingerprint density at radius 1 is 1.13 bits per heavy atom. The summed E-state index contributed by atoms with van der Waals surface area (Å²) in [4.78, 5) is 11.6. The van der Waals surface area contributed by atoms with Crippen molar-refractivity contribution in [3.05, 3.63) is 53.1 Å². The maximum atomic E-state index is 11.6. The van der Waals surface area contributed by atoms with Crippen LogP contribution >= 0.6 is 0 Å². The van der Waals surface area contributed by atoms with Gasteiger partial charge in [0.05, 0.1) is 7.11 Å². The van der Waals surface area contributed by atoms with Crippen molar-refractivity contribution < 1.29 is 14.3 Å². The molecule has 0 atom stereocenters. The predicted octanol–water partition coefficient (Wildman–Crippen LogP) is 3.64. The molecule has 0 aromatic heterocycles. The normalized spacial score (nSPS) is 10.1. The number of carbonyl (C=O) groups excluding carboxylic acids is 1. The zero-order valence-electron chi connectivity index (χ0n) is 13.9. The fraction of sp³-hybridized carbons (Fsp3) is 0.278. The molecule has 0 bridgehead atoms. The molecular formula is C18H22N2O3. The molecule has 0 radical (unpaired) electrons. The average molecular weight is 314 g/mol. The number of ether oxygens (including phenoxy) is 2. The SMILES string of the molecule is CNC(=O)Nc1ccc(OC)cc1COc1ccc(C)cc1C. The third-order valence-electron chi connectivity index (χ3n) is 3.50. The minimum absolute atomic E-state index is 0.275. The molecule has 2 rings (SSSR count). The first-order valence-electron chi connectivity index (χ1n) is 7.39. The number of nitrogens with one attached hydrogen (secondary N) is 2. The van der Waals surface area contributed by atoms with Gasteiger partial charge in [0.1, 0.15) is 18.1 Å². The lowest BCUT2D eigenvalue weighted by molar-refractivity contribution is 0.254. The Labute approximate surface area is 136 Å². The lowest BCUT2D eigenvalue weighted by Gasteiger charge is -2.15. The number of aryl methyl sites for hydroxylation is 2. The minimum atomic E-state index is -0.275. The van der Waals surface area contributed by atoms with E-state index in [1.807, 2.05) is 32.0 Å². The molecule has 0 spiro atoms. The van der Waals surface area contributed by atoms with Gasteiger partial charge in [0.25, 0.3) is 0 Å². The smallest absolute Gasteiger partial charge is 0.318 e. The van der Waals surface area contributed by atoms with Crippen molar-refractivity contribution in [1.29, 1.82) is 0 Å². The second kappa shape index (κ2) is 7.54. The molecule has 0 aliphatic heterocycles. The number of benzene rings is 2. The van der Waals surface area contributed by atoms with Crippen LogP contribution in [-0.2, 0) is 6.61 Å². The summed E-state index contributed by atoms with van der Waals surface area (Å²) in [6, 6.07) is 11.2. The summed E-state index contributed by atoms with van der Waals surface area (Å²) in [6.07, 6.45) is 0. The minimum Gasteiger partial charge on any atom is -0.497 e. The van der Waals surface area contributed by atoms with E-state index in [-0.39, 0.29) is 6.03 Å². The maximum absolute atomic E-state index is 11.6. The van der Waals surface area contributed by atoms with Crippen LogP contribution < -0.4 is 20.1 Å². The Bertz CT molecular complexity index is 699. The fourth-order valence-electron chi connectivity index (χ4n) is 2.24. The van der Waals surface area contributed by atoms with E-state index in [4.69, 9.17) is 9.47 Å². The van der Waals surface area contributed by atoms with Crippen molar-refractivity contribution >= 4 is 11.7 Å². The highest BCUT2D eigenvalue weighted by Crippen LogP contribution is 2.25. The van der Waals surface area contributed by atoms with Crippen LogP contribution in [0.4, 0.5) is 10.5 Å². The largest absolute Gasteiger partial charge is 0.497 e. The van der Waals surface area contributed by atoms with Crippen LogP contribution in [0.3, 0.4) is 0 Å². The lowest BCUT2D eigenvalue weighted by atomic mass is 10.1. The topological polar surface area (TPSA) is 59.6 Å². The fourth-order valence-corrected chi connectivity index (χ4v) is 2.24. The average Bonchev–Trinajstić information content (AvgIpc) is 2.55. The van der Waals surface area contributed by atoms with E-state index in [1.165, 1.54) is 5.56 Å². The number of hydrogen-bond acceptors (Lipinski definition) is 3. The number of methoxy groups -OCH3 is 1. The Kier molecular flexibility index (Phi) is 5.46. The van der Waals surface area contributed by atoms with Crippen molar-refractivity contribution in [3.8, 4) is 11.5 Å². The zero-order valence-corrected chi connectivity index (χ0v) is 13.9. The van der Waals surface area contributed by atoms with E-state index < -0.39 is 0 Å². The van der Waals surface area contributed by atoms with Crippen molar-refractivity contribution in [2.45, 2.75) is 20.5 Å². The van der Waals surface area contributed by atoms with Crippen LogP contribution in [0.1, 0.15) is 16.7 Å². The van der Waals surface area contributed by atoms with Gasteiger partial charge in [-0.2, -0.15) is 0 Å². The first-order valence-corrected chi connectivity index (χ1v) is 7.39. The van der Waals surface area contributed by atoms with Crippen LogP contribution in [0.2, 0.25) is 0 Å². The molecule has 0 saturated heterocycles. The van der Waals surface area contributed by atoms with Crippen molar-refractivity contribution in [2.75, 3.05) is 19.5 Å². The van der Waals surface area contributed by atoms with Gasteiger partial charge in [0.15, 0.2) is 0 Å². The molecule has 5 heteroatoms. The lowest BCUT2D eigenvalue weighted by Crippen LogP contribution is -2.25. The molecular weight excluding hydrogens is 292 g/mol. The Morgan fingerprint density at radius 2 is 1.91 bits per heavy atom. The third kappa shape index (κ3) is 4.39. The molecule has 0 heterocycles. The number of anilines is 1. The number of carbonyl (C=O) groups is 1. The summed E-state index contributed by atoms with van der Waals surface area (Å²) >= 11 is 0. The molecule has 0 aliphatic carbocycles. The quantitative estimate of drug-likeness (QED) is 0.886. The standard InChI is InChI=1S/C18H22N2O3/c1-12-5-8-17(13(2)9-12)23-11-14-10-15(22-4)6-7-16(14)20-18(21)19-3/h5-10H,11H2,1-4H3,(H2,19,20,21). The highest BCUT2D eigenvalue weighted by Gasteiger charge is 2.09. The molecule has 122 valence electrons. The summed E-state index contributed by atoms with van der Waals surface area (Å²) in [6.45, 7) is 4.39. The molecule has 2 aromatic carbocycles. The highest BCUT2D eigenvalue weighted by molar-refractivity contribution is 5.90. The second-order valence-electron chi connectivity index (χ2n) is 5.28. The second-order valence-corrected chi connectivity index (χ2v) is 5.28. The first-order chi connectivity index (χ1) is 11.0. The van der Waals surface area contributed by atoms with Gasteiger partial charge in [0, 0.05) is 18.3 Å². The molecule has 0 aliphatic rings. The van der Waals surface area contributed by atoms with Crippen molar-refractivity contribution in [3.63, 3.8) is 0 Å². The van der Waals surface area contributed by atoms with Gasteiger partial charge in [-0.25, -0.2) is 4.79 Å². The molecule has 0 fully saturated rings. The van der Waals surface area contributed by atoms with Gasteiger partial charge in [-0.15, -0.1) is 0 Å². The summed E-state index contributed by atoms with van der Waals surface area (Å²) in [7, 11) is 3.18. The van der Waals surface area contributed by atoms with Gasteiger partial charge in [0.2, 0.25) is 0 Å². The van der Waals surface area contributed by atoms with Crippen LogP contribution in [0.15, 0.2) is 36.4 Å². The van der Waals surface area contributed by atoms with Crippen molar-refractivity contribution in [2.24, 2.45) is 0 Å². The molecule has 0 saturated carbocycles. The Morgan fingerprint density at radius 3 is 2.57 bits per heavy atom. The number of amides is 2. The summed E-state index contributed by atoms with van der Waals surface area (Å²) in [5.41, 5.74) is 3.80. The van der Waals surface area contributed by atoms with Crippen LogP contribution in [0.25, 0.3) is 0 Å². The molecule has 0 unspecified atom stereocenters. The van der Waals surface area contributed by atoms with Gasteiger partial charge in [-0.1, -0.05) is 17.7 Å². The van der Waals surface area contributed by atoms with E-state index in [9.17, 15) is 4.79 Å². The van der Waals surface area contributed by atoms with E-state index in [2.05, 4.69) is 16.7 Å². The monoisotopic (exact) mass is 314 g/mol. The third-order valence-corrected chi connectivity index (χ3v) is 3.50. The van der Waals surface area contributed by atoms with Gasteiger partial charge < -0.3 is 20.1 Å². The summed E-state index contributed by atoms with van der Waals surface area (Å²) in [5, 5.41) is 5.32. The van der Waals surface area contributed by atoms with Crippen LogP contribution in [-0.4, -0.2) is 20.2 Å². The summed E-state index contributed by atoms with van der Waals surface area (Å²) < 4.78 is 11.2. The van der Waals surface area contributed by atoms with E-state index in [0.717, 1.165) is 16.9 Å². The Balaban J connectivity index is 2.20. The molecule has 5 nitrogen and oxygen atoms in total. The van der Waals surface area contributed by atoms with Crippen molar-refractivity contribution in [1.82, 2.24) is 5.32 Å². The van der Waals surface area contributed by atoms with Gasteiger partial charge in [-0.3, -0.25) is 0 Å². The van der Waals surface area contributed by atoms with E-state index in [1.54, 1.807) is 26.3 Å². The predicted molar refractivity (Wildman–Crippen MR) is 91.3 cm³/mol. The molecule has 2 amide bonds. The number of hydrogen-bond donors (Lipinski definition) is 2. The van der Waals surface area contributed by atoms with Gasteiger partial charge in [-0.05, 0) is 43.7 Å². The summed E-state index contributed by atoms with van der Waals surface area (Å²) in [5.74, 6) is 1.54.